The minimum absolute atomic E-state index is 0.0202. The van der Waals surface area contributed by atoms with Crippen LogP contribution in [0.15, 0.2) is 0 Å². The summed E-state index contributed by atoms with van der Waals surface area (Å²) in [4.78, 5) is 13.8. The molecule has 1 aliphatic heterocycles. The molecule has 0 aliphatic carbocycles. The molecular weight excluding hydrogens is 192 g/mol. The van der Waals surface area contributed by atoms with Gasteiger partial charge in [0.15, 0.2) is 0 Å². The third-order valence-corrected chi connectivity index (χ3v) is 2.84. The second-order valence-electron chi connectivity index (χ2n) is 3.91. The van der Waals surface area contributed by atoms with E-state index in [1.54, 1.807) is 0 Å². The summed E-state index contributed by atoms with van der Waals surface area (Å²) < 4.78 is 5.06. The van der Waals surface area contributed by atoms with Crippen LogP contribution in [0.2, 0.25) is 0 Å². The number of ether oxygens (including phenoxy) is 1. The van der Waals surface area contributed by atoms with Crippen molar-refractivity contribution in [3.05, 3.63) is 0 Å². The van der Waals surface area contributed by atoms with Crippen LogP contribution < -0.4 is 5.32 Å². The Kier molecular flexibility index (Phi) is 5.65. The lowest BCUT2D eigenvalue weighted by Crippen LogP contribution is -2.45. The van der Waals surface area contributed by atoms with Gasteiger partial charge in [-0.25, -0.2) is 0 Å². The highest BCUT2D eigenvalue weighted by Crippen LogP contribution is 2.09. The maximum Gasteiger partial charge on any atom is 0.246 e. The third kappa shape index (κ3) is 4.62. The van der Waals surface area contributed by atoms with E-state index < -0.39 is 0 Å². The Labute approximate surface area is 92.0 Å². The maximum atomic E-state index is 11.4. The monoisotopic (exact) mass is 214 g/mol. The maximum absolute atomic E-state index is 11.4. The standard InChI is InChI=1S/C11H22N2O2/c1-3-13-7-5-10(6-8-13)12-11(14)9-15-4-2/h10H,3-9H2,1-2H3,(H,12,14). The van der Waals surface area contributed by atoms with Crippen LogP contribution >= 0.6 is 0 Å². The van der Waals surface area contributed by atoms with Crippen LogP contribution in [0.25, 0.3) is 0 Å². The zero-order chi connectivity index (χ0) is 11.1. The summed E-state index contributed by atoms with van der Waals surface area (Å²) in [6, 6.07) is 0.348. The van der Waals surface area contributed by atoms with Gasteiger partial charge in [0, 0.05) is 25.7 Å². The highest BCUT2D eigenvalue weighted by molar-refractivity contribution is 5.77. The van der Waals surface area contributed by atoms with E-state index in [1.165, 1.54) is 0 Å². The zero-order valence-corrected chi connectivity index (χ0v) is 9.79. The summed E-state index contributed by atoms with van der Waals surface area (Å²) >= 11 is 0. The average Bonchev–Trinajstić information content (AvgIpc) is 2.27. The third-order valence-electron chi connectivity index (χ3n) is 2.84. The second kappa shape index (κ2) is 6.80. The molecule has 1 fully saturated rings. The van der Waals surface area contributed by atoms with Crippen molar-refractivity contribution in [1.29, 1.82) is 0 Å². The number of carbonyl (C=O) groups excluding carboxylic acids is 1. The fourth-order valence-electron chi connectivity index (χ4n) is 1.86. The second-order valence-corrected chi connectivity index (χ2v) is 3.91. The number of piperidine rings is 1. The molecule has 1 amide bonds. The van der Waals surface area contributed by atoms with Gasteiger partial charge >= 0.3 is 0 Å². The minimum atomic E-state index is 0.0202. The van der Waals surface area contributed by atoms with E-state index in [0.29, 0.717) is 12.6 Å². The fraction of sp³-hybridized carbons (Fsp3) is 0.909. The van der Waals surface area contributed by atoms with Gasteiger partial charge in [0.25, 0.3) is 0 Å². The summed E-state index contributed by atoms with van der Waals surface area (Å²) in [5.74, 6) is 0.0202. The van der Waals surface area contributed by atoms with E-state index in [2.05, 4.69) is 17.1 Å². The minimum Gasteiger partial charge on any atom is -0.372 e. The normalized spacial score (nSPS) is 19.1. The van der Waals surface area contributed by atoms with E-state index in [4.69, 9.17) is 4.74 Å². The number of rotatable bonds is 5. The molecule has 0 spiro atoms. The number of hydrogen-bond donors (Lipinski definition) is 1. The largest absolute Gasteiger partial charge is 0.372 e. The van der Waals surface area contributed by atoms with Gasteiger partial charge in [-0.05, 0) is 26.3 Å². The molecule has 0 atom stereocenters. The number of likely N-dealkylation sites (tertiary alicyclic amines) is 1. The molecular formula is C11H22N2O2. The van der Waals surface area contributed by atoms with Crippen LogP contribution in [0.4, 0.5) is 0 Å². The fourth-order valence-corrected chi connectivity index (χ4v) is 1.86. The lowest BCUT2D eigenvalue weighted by molar-refractivity contribution is -0.126. The first-order chi connectivity index (χ1) is 7.26. The smallest absolute Gasteiger partial charge is 0.246 e. The Morgan fingerprint density at radius 2 is 2.07 bits per heavy atom. The van der Waals surface area contributed by atoms with Crippen molar-refractivity contribution >= 4 is 5.91 Å². The Hall–Kier alpha value is -0.610. The number of hydrogen-bond acceptors (Lipinski definition) is 3. The number of nitrogens with one attached hydrogen (secondary N) is 1. The van der Waals surface area contributed by atoms with Crippen LogP contribution in [-0.2, 0) is 9.53 Å². The molecule has 88 valence electrons. The highest BCUT2D eigenvalue weighted by Gasteiger charge is 2.19. The summed E-state index contributed by atoms with van der Waals surface area (Å²) in [6.45, 7) is 8.17. The van der Waals surface area contributed by atoms with E-state index in [1.807, 2.05) is 6.92 Å². The quantitative estimate of drug-likeness (QED) is 0.729. The molecule has 4 nitrogen and oxygen atoms in total. The van der Waals surface area contributed by atoms with Gasteiger partial charge in [0.2, 0.25) is 5.91 Å². The first kappa shape index (κ1) is 12.5. The molecule has 0 bridgehead atoms. The van der Waals surface area contributed by atoms with Gasteiger partial charge in [-0.1, -0.05) is 6.92 Å². The van der Waals surface area contributed by atoms with Gasteiger partial charge in [-0.15, -0.1) is 0 Å². The summed E-state index contributed by atoms with van der Waals surface area (Å²) in [7, 11) is 0. The van der Waals surface area contributed by atoms with Crippen molar-refractivity contribution in [2.45, 2.75) is 32.7 Å². The first-order valence-corrected chi connectivity index (χ1v) is 5.85. The van der Waals surface area contributed by atoms with Crippen LogP contribution in [0.5, 0.6) is 0 Å². The number of nitrogens with zero attached hydrogens (tertiary/aromatic N) is 1. The van der Waals surface area contributed by atoms with Crippen LogP contribution in [0, 0.1) is 0 Å². The molecule has 0 aromatic rings. The average molecular weight is 214 g/mol. The van der Waals surface area contributed by atoms with E-state index >= 15 is 0 Å². The Bertz CT molecular complexity index is 189. The van der Waals surface area contributed by atoms with Crippen LogP contribution in [0.1, 0.15) is 26.7 Å². The van der Waals surface area contributed by atoms with Gasteiger partial charge in [-0.3, -0.25) is 4.79 Å². The zero-order valence-electron chi connectivity index (χ0n) is 9.79. The molecule has 0 radical (unpaired) electrons. The predicted octanol–water partition coefficient (Wildman–Crippen LogP) is 0.623. The molecule has 4 heteroatoms. The molecule has 1 aliphatic rings. The summed E-state index contributed by atoms with van der Waals surface area (Å²) in [5.41, 5.74) is 0. The van der Waals surface area contributed by atoms with Crippen molar-refractivity contribution in [1.82, 2.24) is 10.2 Å². The Morgan fingerprint density at radius 3 is 2.60 bits per heavy atom. The van der Waals surface area contributed by atoms with Crippen molar-refractivity contribution < 1.29 is 9.53 Å². The van der Waals surface area contributed by atoms with Gasteiger partial charge < -0.3 is 15.0 Å². The SMILES string of the molecule is CCOCC(=O)NC1CCN(CC)CC1. The molecule has 1 rings (SSSR count). The van der Waals surface area contributed by atoms with Crippen molar-refractivity contribution in [3.63, 3.8) is 0 Å². The summed E-state index contributed by atoms with van der Waals surface area (Å²) in [5, 5.41) is 3.01. The van der Waals surface area contributed by atoms with Crippen molar-refractivity contribution in [2.75, 3.05) is 32.8 Å². The molecule has 0 aromatic heterocycles. The summed E-state index contributed by atoms with van der Waals surface area (Å²) in [6.07, 6.45) is 2.12. The molecule has 0 saturated carbocycles. The molecule has 0 aromatic carbocycles. The number of carbonyl (C=O) groups is 1. The van der Waals surface area contributed by atoms with Gasteiger partial charge in [0.1, 0.15) is 6.61 Å². The lowest BCUT2D eigenvalue weighted by Gasteiger charge is -2.31. The van der Waals surface area contributed by atoms with E-state index in [-0.39, 0.29) is 12.5 Å². The van der Waals surface area contributed by atoms with Crippen LogP contribution in [-0.4, -0.2) is 49.7 Å². The molecule has 1 N–H and O–H groups in total. The topological polar surface area (TPSA) is 41.6 Å². The Morgan fingerprint density at radius 1 is 1.40 bits per heavy atom. The first-order valence-electron chi connectivity index (χ1n) is 5.85. The van der Waals surface area contributed by atoms with Crippen molar-refractivity contribution in [3.8, 4) is 0 Å². The van der Waals surface area contributed by atoms with E-state index in [9.17, 15) is 4.79 Å². The van der Waals surface area contributed by atoms with Gasteiger partial charge in [-0.2, -0.15) is 0 Å². The molecule has 15 heavy (non-hydrogen) atoms. The Balaban J connectivity index is 2.15. The highest BCUT2D eigenvalue weighted by atomic mass is 16.5. The van der Waals surface area contributed by atoms with Crippen LogP contribution in [0.3, 0.4) is 0 Å². The van der Waals surface area contributed by atoms with Gasteiger partial charge in [0.05, 0.1) is 0 Å². The van der Waals surface area contributed by atoms with E-state index in [0.717, 1.165) is 32.5 Å². The molecule has 1 saturated heterocycles. The molecule has 0 unspecified atom stereocenters. The molecule has 1 heterocycles. The number of amides is 1. The predicted molar refractivity (Wildman–Crippen MR) is 59.8 cm³/mol. The lowest BCUT2D eigenvalue weighted by atomic mass is 10.1. The van der Waals surface area contributed by atoms with Crippen molar-refractivity contribution in [2.24, 2.45) is 0 Å².